The molecule has 2 nitrogen and oxygen atoms in total. The van der Waals surface area contributed by atoms with Crippen LogP contribution in [0.2, 0.25) is 0 Å². The van der Waals surface area contributed by atoms with E-state index in [9.17, 15) is 0 Å². The Morgan fingerprint density at radius 2 is 1.54 bits per heavy atom. The lowest BCUT2D eigenvalue weighted by Crippen LogP contribution is -2.23. The molecule has 0 fully saturated rings. The van der Waals surface area contributed by atoms with Crippen LogP contribution in [-0.4, -0.2) is 9.97 Å². The van der Waals surface area contributed by atoms with Crippen LogP contribution < -0.4 is 0 Å². The molecule has 5 rings (SSSR count). The van der Waals surface area contributed by atoms with Crippen LogP contribution in [0.15, 0.2) is 66.7 Å². The molecule has 2 heteroatoms. The highest BCUT2D eigenvalue weighted by Crippen LogP contribution is 2.53. The average molecular weight is 338 g/mol. The average Bonchev–Trinajstić information content (AvgIpc) is 3.25. The Bertz CT molecular complexity index is 1080. The molecule has 26 heavy (non-hydrogen) atoms. The minimum absolute atomic E-state index is 0.105. The molecule has 1 aliphatic carbocycles. The zero-order valence-corrected chi connectivity index (χ0v) is 15.2. The Hall–Kier alpha value is -2.87. The van der Waals surface area contributed by atoms with Crippen molar-refractivity contribution in [3.8, 4) is 22.5 Å². The monoisotopic (exact) mass is 338 g/mol. The van der Waals surface area contributed by atoms with Crippen molar-refractivity contribution < 1.29 is 0 Å². The van der Waals surface area contributed by atoms with Crippen molar-refractivity contribution in [2.24, 2.45) is 0 Å². The number of aromatic amines is 1. The third kappa shape index (κ3) is 1.96. The normalized spacial score (nSPS) is 14.4. The number of nitrogens with one attached hydrogen (secondary N) is 1. The van der Waals surface area contributed by atoms with E-state index in [-0.39, 0.29) is 5.41 Å². The van der Waals surface area contributed by atoms with Gasteiger partial charge in [-0.2, -0.15) is 0 Å². The molecule has 1 heterocycles. The van der Waals surface area contributed by atoms with Crippen LogP contribution in [0.1, 0.15) is 37.8 Å². The molecular weight excluding hydrogens is 316 g/mol. The van der Waals surface area contributed by atoms with E-state index >= 15 is 0 Å². The molecule has 1 N–H and O–H groups in total. The molecule has 0 unspecified atom stereocenters. The third-order valence-corrected chi connectivity index (χ3v) is 6.14. The molecule has 4 aromatic rings. The van der Waals surface area contributed by atoms with Gasteiger partial charge in [0.05, 0.1) is 11.0 Å². The Morgan fingerprint density at radius 1 is 0.808 bits per heavy atom. The Labute approximate surface area is 153 Å². The first-order valence-corrected chi connectivity index (χ1v) is 9.46. The third-order valence-electron chi connectivity index (χ3n) is 6.14. The zero-order valence-electron chi connectivity index (χ0n) is 15.2. The number of aromatic nitrogens is 2. The molecule has 128 valence electrons. The number of nitrogens with zero attached hydrogens (tertiary/aromatic N) is 1. The van der Waals surface area contributed by atoms with Crippen LogP contribution in [0, 0.1) is 0 Å². The number of fused-ring (bicyclic) bond motifs is 4. The van der Waals surface area contributed by atoms with E-state index < -0.39 is 0 Å². The topological polar surface area (TPSA) is 28.7 Å². The smallest absolute Gasteiger partial charge is 0.138 e. The maximum Gasteiger partial charge on any atom is 0.138 e. The van der Waals surface area contributed by atoms with Crippen molar-refractivity contribution in [1.82, 2.24) is 9.97 Å². The summed E-state index contributed by atoms with van der Waals surface area (Å²) < 4.78 is 0. The van der Waals surface area contributed by atoms with E-state index in [1.54, 1.807) is 0 Å². The molecule has 3 aromatic carbocycles. The number of rotatable bonds is 3. The first-order chi connectivity index (χ1) is 12.8. The van der Waals surface area contributed by atoms with Gasteiger partial charge >= 0.3 is 0 Å². The number of H-pyrrole nitrogens is 1. The highest BCUT2D eigenvalue weighted by atomic mass is 14.9. The van der Waals surface area contributed by atoms with Crippen LogP contribution >= 0.6 is 0 Å². The van der Waals surface area contributed by atoms with Crippen LogP contribution in [0.3, 0.4) is 0 Å². The van der Waals surface area contributed by atoms with Crippen molar-refractivity contribution in [2.75, 3.05) is 0 Å². The molecule has 1 aromatic heterocycles. The van der Waals surface area contributed by atoms with Crippen LogP contribution in [0.5, 0.6) is 0 Å². The fraction of sp³-hybridized carbons (Fsp3) is 0.208. The number of imidazole rings is 1. The van der Waals surface area contributed by atoms with Crippen molar-refractivity contribution in [3.63, 3.8) is 0 Å². The van der Waals surface area contributed by atoms with Crippen LogP contribution in [0.4, 0.5) is 0 Å². The summed E-state index contributed by atoms with van der Waals surface area (Å²) in [6.45, 7) is 4.62. The summed E-state index contributed by atoms with van der Waals surface area (Å²) in [5, 5.41) is 0. The van der Waals surface area contributed by atoms with Gasteiger partial charge in [-0.1, -0.05) is 62.4 Å². The molecule has 0 spiro atoms. The van der Waals surface area contributed by atoms with Crippen LogP contribution in [-0.2, 0) is 5.41 Å². The summed E-state index contributed by atoms with van der Waals surface area (Å²) in [6.07, 6.45) is 2.22. The summed E-state index contributed by atoms with van der Waals surface area (Å²) in [5.74, 6) is 0.950. The molecule has 0 amide bonds. The van der Waals surface area contributed by atoms with Gasteiger partial charge in [-0.3, -0.25) is 0 Å². The van der Waals surface area contributed by atoms with Crippen LogP contribution in [0.25, 0.3) is 33.5 Å². The standard InChI is InChI=1S/C24H22N2/c1-3-24(4-2)19-10-6-5-9-17(19)18-14-13-16(15-20(18)24)23-25-21-11-7-8-12-22(21)26-23/h5-15H,3-4H2,1-2H3,(H,25,26). The van der Waals surface area contributed by atoms with Crippen molar-refractivity contribution in [2.45, 2.75) is 32.1 Å². The molecule has 0 saturated carbocycles. The van der Waals surface area contributed by atoms with E-state index in [2.05, 4.69) is 73.4 Å². The van der Waals surface area contributed by atoms with Gasteiger partial charge in [0.2, 0.25) is 0 Å². The summed E-state index contributed by atoms with van der Waals surface area (Å²) in [4.78, 5) is 8.28. The Kier molecular flexibility index (Phi) is 3.30. The van der Waals surface area contributed by atoms with Crippen molar-refractivity contribution in [3.05, 3.63) is 77.9 Å². The molecule has 0 atom stereocenters. The Morgan fingerprint density at radius 3 is 2.35 bits per heavy atom. The number of hydrogen-bond donors (Lipinski definition) is 1. The molecular formula is C24H22N2. The number of para-hydroxylation sites is 2. The SMILES string of the molecule is CCC1(CC)c2ccccc2-c2ccc(-c3nc4ccccc4[nH]3)cc21. The lowest BCUT2D eigenvalue weighted by molar-refractivity contribution is 0.490. The zero-order chi connectivity index (χ0) is 17.7. The quantitative estimate of drug-likeness (QED) is 0.465. The maximum absolute atomic E-state index is 4.80. The van der Waals surface area contributed by atoms with E-state index in [1.807, 2.05) is 12.1 Å². The number of benzene rings is 3. The summed E-state index contributed by atoms with van der Waals surface area (Å²) in [7, 11) is 0. The second kappa shape index (κ2) is 5.57. The summed E-state index contributed by atoms with van der Waals surface area (Å²) in [5.41, 5.74) is 9.06. The fourth-order valence-corrected chi connectivity index (χ4v) is 4.70. The lowest BCUT2D eigenvalue weighted by Gasteiger charge is -2.29. The minimum Gasteiger partial charge on any atom is -0.338 e. The summed E-state index contributed by atoms with van der Waals surface area (Å²) in [6, 6.07) is 24.0. The first-order valence-electron chi connectivity index (χ1n) is 9.46. The van der Waals surface area contributed by atoms with Gasteiger partial charge in [0.25, 0.3) is 0 Å². The second-order valence-corrected chi connectivity index (χ2v) is 7.20. The molecule has 0 radical (unpaired) electrons. The van der Waals surface area contributed by atoms with Crippen molar-refractivity contribution in [1.29, 1.82) is 0 Å². The van der Waals surface area contributed by atoms with E-state index in [0.29, 0.717) is 0 Å². The minimum atomic E-state index is 0.105. The molecule has 1 aliphatic rings. The van der Waals surface area contributed by atoms with Gasteiger partial charge in [-0.15, -0.1) is 0 Å². The van der Waals surface area contributed by atoms with E-state index in [0.717, 1.165) is 29.7 Å². The van der Waals surface area contributed by atoms with Gasteiger partial charge in [0, 0.05) is 11.0 Å². The van der Waals surface area contributed by atoms with Gasteiger partial charge in [-0.25, -0.2) is 4.98 Å². The highest BCUT2D eigenvalue weighted by molar-refractivity contribution is 5.85. The molecule has 0 aliphatic heterocycles. The second-order valence-electron chi connectivity index (χ2n) is 7.20. The number of hydrogen-bond acceptors (Lipinski definition) is 1. The van der Waals surface area contributed by atoms with Gasteiger partial charge in [0.15, 0.2) is 0 Å². The highest BCUT2D eigenvalue weighted by Gasteiger charge is 2.40. The van der Waals surface area contributed by atoms with Gasteiger partial charge in [0.1, 0.15) is 5.82 Å². The first kappa shape index (κ1) is 15.4. The summed E-state index contributed by atoms with van der Waals surface area (Å²) >= 11 is 0. The molecule has 0 saturated heterocycles. The predicted octanol–water partition coefficient (Wildman–Crippen LogP) is 6.32. The Balaban J connectivity index is 1.73. The lowest BCUT2D eigenvalue weighted by atomic mass is 9.73. The predicted molar refractivity (Wildman–Crippen MR) is 108 cm³/mol. The van der Waals surface area contributed by atoms with Gasteiger partial charge in [-0.05, 0) is 53.3 Å². The van der Waals surface area contributed by atoms with Crippen molar-refractivity contribution >= 4 is 11.0 Å². The van der Waals surface area contributed by atoms with E-state index in [4.69, 9.17) is 4.98 Å². The van der Waals surface area contributed by atoms with E-state index in [1.165, 1.54) is 27.8 Å². The largest absolute Gasteiger partial charge is 0.338 e. The van der Waals surface area contributed by atoms with Gasteiger partial charge < -0.3 is 4.98 Å². The molecule has 0 bridgehead atoms. The maximum atomic E-state index is 4.80. The fourth-order valence-electron chi connectivity index (χ4n) is 4.70.